The first-order valence-corrected chi connectivity index (χ1v) is 4.05. The van der Waals surface area contributed by atoms with Gasteiger partial charge in [0.15, 0.2) is 0 Å². The fourth-order valence-electron chi connectivity index (χ4n) is 0.765. The highest BCUT2D eigenvalue weighted by Gasteiger charge is 2.18. The summed E-state index contributed by atoms with van der Waals surface area (Å²) in [5, 5.41) is 0. The number of hydrogen-bond donors (Lipinski definition) is 0. The summed E-state index contributed by atoms with van der Waals surface area (Å²) in [7, 11) is 0. The van der Waals surface area contributed by atoms with Gasteiger partial charge >= 0.3 is 0 Å². The van der Waals surface area contributed by atoms with Gasteiger partial charge in [-0.25, -0.2) is 4.39 Å². The van der Waals surface area contributed by atoms with E-state index in [2.05, 4.69) is 6.58 Å². The highest BCUT2D eigenvalue weighted by molar-refractivity contribution is 5.30. The van der Waals surface area contributed by atoms with Gasteiger partial charge in [-0.1, -0.05) is 30.4 Å². The SMILES string of the molecule is C=C/C(=C\C=C(C)C)C(C)(C)F. The lowest BCUT2D eigenvalue weighted by Crippen LogP contribution is -2.13. The van der Waals surface area contributed by atoms with E-state index in [-0.39, 0.29) is 0 Å². The minimum absolute atomic E-state index is 0.615. The second-order valence-electron chi connectivity index (χ2n) is 3.54. The molecule has 0 aliphatic rings. The van der Waals surface area contributed by atoms with Crippen LogP contribution in [0.1, 0.15) is 27.7 Å². The van der Waals surface area contributed by atoms with Gasteiger partial charge in [0.1, 0.15) is 5.67 Å². The van der Waals surface area contributed by atoms with Gasteiger partial charge in [0, 0.05) is 0 Å². The van der Waals surface area contributed by atoms with E-state index in [1.54, 1.807) is 12.2 Å². The maximum Gasteiger partial charge on any atom is 0.130 e. The normalized spacial score (nSPS) is 12.6. The Balaban J connectivity index is 4.68. The number of alkyl halides is 1. The first-order valence-electron chi connectivity index (χ1n) is 4.05. The molecule has 0 rings (SSSR count). The predicted octanol–water partition coefficient (Wildman–Crippen LogP) is 3.81. The van der Waals surface area contributed by atoms with Gasteiger partial charge in [-0.3, -0.25) is 0 Å². The summed E-state index contributed by atoms with van der Waals surface area (Å²) in [6.45, 7) is 10.6. The molecule has 0 heterocycles. The molecular weight excluding hydrogens is 151 g/mol. The van der Waals surface area contributed by atoms with Crippen LogP contribution in [0, 0.1) is 0 Å². The van der Waals surface area contributed by atoms with Gasteiger partial charge in [-0.15, -0.1) is 0 Å². The Labute approximate surface area is 74.5 Å². The van der Waals surface area contributed by atoms with Gasteiger partial charge in [-0.05, 0) is 33.3 Å². The molecule has 0 aromatic heterocycles. The van der Waals surface area contributed by atoms with Gasteiger partial charge in [0.25, 0.3) is 0 Å². The van der Waals surface area contributed by atoms with Crippen LogP contribution in [0.25, 0.3) is 0 Å². The molecule has 1 heteroatoms. The number of rotatable bonds is 3. The van der Waals surface area contributed by atoms with Crippen LogP contribution in [-0.4, -0.2) is 5.67 Å². The molecule has 0 aliphatic carbocycles. The minimum atomic E-state index is -1.30. The smallest absolute Gasteiger partial charge is 0.130 e. The summed E-state index contributed by atoms with van der Waals surface area (Å²) in [5.74, 6) is 0. The third kappa shape index (κ3) is 4.12. The average molecular weight is 168 g/mol. The molecule has 0 aromatic rings. The molecular formula is C11H17F. The molecule has 0 unspecified atom stereocenters. The van der Waals surface area contributed by atoms with Crippen molar-refractivity contribution in [1.82, 2.24) is 0 Å². The monoisotopic (exact) mass is 168 g/mol. The standard InChI is InChI=1S/C11H17F/c1-6-10(11(4,5)12)8-7-9(2)3/h6-8H,1H2,2-5H3/b10-8+. The van der Waals surface area contributed by atoms with Crippen LogP contribution < -0.4 is 0 Å². The first kappa shape index (κ1) is 11.2. The Hall–Kier alpha value is -0.850. The van der Waals surface area contributed by atoms with Crippen molar-refractivity contribution >= 4 is 0 Å². The van der Waals surface area contributed by atoms with Gasteiger partial charge in [0.2, 0.25) is 0 Å². The largest absolute Gasteiger partial charge is 0.239 e. The van der Waals surface area contributed by atoms with Crippen LogP contribution in [0.5, 0.6) is 0 Å². The number of hydrogen-bond acceptors (Lipinski definition) is 0. The molecule has 0 saturated carbocycles. The summed E-state index contributed by atoms with van der Waals surface area (Å²) in [6, 6.07) is 0. The summed E-state index contributed by atoms with van der Waals surface area (Å²) in [4.78, 5) is 0. The second-order valence-corrected chi connectivity index (χ2v) is 3.54. The van der Waals surface area contributed by atoms with E-state index in [0.29, 0.717) is 5.57 Å². The third-order valence-electron chi connectivity index (χ3n) is 1.50. The van der Waals surface area contributed by atoms with Crippen molar-refractivity contribution in [2.24, 2.45) is 0 Å². The van der Waals surface area contributed by atoms with E-state index in [9.17, 15) is 4.39 Å². The van der Waals surface area contributed by atoms with Crippen molar-refractivity contribution < 1.29 is 4.39 Å². The zero-order valence-corrected chi connectivity index (χ0v) is 8.32. The predicted molar refractivity (Wildman–Crippen MR) is 52.9 cm³/mol. The number of allylic oxidation sites excluding steroid dienone is 5. The highest BCUT2D eigenvalue weighted by atomic mass is 19.1. The average Bonchev–Trinajstić information content (AvgIpc) is 1.85. The lowest BCUT2D eigenvalue weighted by Gasteiger charge is -2.14. The highest BCUT2D eigenvalue weighted by Crippen LogP contribution is 2.21. The maximum absolute atomic E-state index is 13.3. The Bertz CT molecular complexity index is 210. The lowest BCUT2D eigenvalue weighted by molar-refractivity contribution is 0.274. The van der Waals surface area contributed by atoms with E-state index in [1.807, 2.05) is 19.9 Å². The van der Waals surface area contributed by atoms with Crippen LogP contribution in [0.4, 0.5) is 4.39 Å². The van der Waals surface area contributed by atoms with E-state index >= 15 is 0 Å². The molecule has 0 amide bonds. The summed E-state index contributed by atoms with van der Waals surface area (Å²) >= 11 is 0. The number of halogens is 1. The fraction of sp³-hybridized carbons (Fsp3) is 0.455. The molecule has 0 spiro atoms. The quantitative estimate of drug-likeness (QED) is 0.562. The molecule has 68 valence electrons. The van der Waals surface area contributed by atoms with Crippen molar-refractivity contribution in [2.75, 3.05) is 0 Å². The Morgan fingerprint density at radius 3 is 2.00 bits per heavy atom. The van der Waals surface area contributed by atoms with Crippen molar-refractivity contribution in [1.29, 1.82) is 0 Å². The first-order chi connectivity index (χ1) is 5.38. The molecule has 0 radical (unpaired) electrons. The fourth-order valence-corrected chi connectivity index (χ4v) is 0.765. The molecule has 0 aromatic carbocycles. The molecule has 0 saturated heterocycles. The van der Waals surface area contributed by atoms with Crippen LogP contribution in [0.2, 0.25) is 0 Å². The van der Waals surface area contributed by atoms with Gasteiger partial charge in [-0.2, -0.15) is 0 Å². The molecule has 0 atom stereocenters. The summed E-state index contributed by atoms with van der Waals surface area (Å²) in [5.41, 5.74) is 0.468. The van der Waals surface area contributed by atoms with Crippen LogP contribution in [-0.2, 0) is 0 Å². The Kier molecular flexibility index (Phi) is 3.94. The van der Waals surface area contributed by atoms with Crippen molar-refractivity contribution in [2.45, 2.75) is 33.4 Å². The third-order valence-corrected chi connectivity index (χ3v) is 1.50. The summed E-state index contributed by atoms with van der Waals surface area (Å²) in [6.07, 6.45) is 5.21. The minimum Gasteiger partial charge on any atom is -0.239 e. The van der Waals surface area contributed by atoms with E-state index in [0.717, 1.165) is 5.57 Å². The van der Waals surface area contributed by atoms with Crippen LogP contribution in [0.15, 0.2) is 36.0 Å². The zero-order chi connectivity index (χ0) is 9.78. The lowest BCUT2D eigenvalue weighted by atomic mass is 9.99. The second kappa shape index (κ2) is 4.24. The van der Waals surface area contributed by atoms with Crippen LogP contribution in [0.3, 0.4) is 0 Å². The maximum atomic E-state index is 13.3. The molecule has 0 nitrogen and oxygen atoms in total. The van der Waals surface area contributed by atoms with Crippen molar-refractivity contribution in [3.05, 3.63) is 36.0 Å². The van der Waals surface area contributed by atoms with Crippen molar-refractivity contribution in [3.8, 4) is 0 Å². The van der Waals surface area contributed by atoms with Gasteiger partial charge in [0.05, 0.1) is 0 Å². The molecule has 0 fully saturated rings. The molecule has 12 heavy (non-hydrogen) atoms. The molecule has 0 N–H and O–H groups in total. The molecule has 0 bridgehead atoms. The zero-order valence-electron chi connectivity index (χ0n) is 8.32. The van der Waals surface area contributed by atoms with E-state index < -0.39 is 5.67 Å². The van der Waals surface area contributed by atoms with Crippen LogP contribution >= 0.6 is 0 Å². The topological polar surface area (TPSA) is 0 Å². The Morgan fingerprint density at radius 1 is 1.25 bits per heavy atom. The van der Waals surface area contributed by atoms with Crippen molar-refractivity contribution in [3.63, 3.8) is 0 Å². The molecule has 0 aliphatic heterocycles. The Morgan fingerprint density at radius 2 is 1.75 bits per heavy atom. The van der Waals surface area contributed by atoms with Gasteiger partial charge < -0.3 is 0 Å². The van der Waals surface area contributed by atoms with E-state index in [4.69, 9.17) is 0 Å². The van der Waals surface area contributed by atoms with E-state index in [1.165, 1.54) is 13.8 Å². The summed E-state index contributed by atoms with van der Waals surface area (Å²) < 4.78 is 13.3.